The van der Waals surface area contributed by atoms with E-state index in [2.05, 4.69) is 34.3 Å². The van der Waals surface area contributed by atoms with Crippen LogP contribution in [0, 0.1) is 0 Å². The van der Waals surface area contributed by atoms with Crippen LogP contribution in [0.4, 0.5) is 0 Å². The lowest BCUT2D eigenvalue weighted by molar-refractivity contribution is 0.247. The molecule has 1 atom stereocenters. The van der Waals surface area contributed by atoms with Gasteiger partial charge in [-0.3, -0.25) is 4.90 Å². The largest absolute Gasteiger partial charge is 0.287 e. The molecular formula is C17H22N4. The van der Waals surface area contributed by atoms with Gasteiger partial charge in [0.15, 0.2) is 0 Å². The summed E-state index contributed by atoms with van der Waals surface area (Å²) < 4.78 is 1.85. The molecule has 4 nitrogen and oxygen atoms in total. The maximum atomic E-state index is 4.31. The van der Waals surface area contributed by atoms with E-state index in [1.807, 2.05) is 41.2 Å². The Morgan fingerprint density at radius 1 is 1.24 bits per heavy atom. The van der Waals surface area contributed by atoms with E-state index in [9.17, 15) is 0 Å². The molecule has 2 heterocycles. The fraction of sp³-hybridized carbons (Fsp3) is 0.412. The lowest BCUT2D eigenvalue weighted by atomic mass is 10.1. The van der Waals surface area contributed by atoms with Gasteiger partial charge in [-0.2, -0.15) is 0 Å². The minimum Gasteiger partial charge on any atom is -0.287 e. The lowest BCUT2D eigenvalue weighted by Crippen LogP contribution is -2.29. The first kappa shape index (κ1) is 14.0. The predicted octanol–water partition coefficient (Wildman–Crippen LogP) is 3.20. The van der Waals surface area contributed by atoms with Crippen molar-refractivity contribution >= 4 is 0 Å². The molecule has 1 aliphatic heterocycles. The summed E-state index contributed by atoms with van der Waals surface area (Å²) in [7, 11) is 0. The third-order valence-corrected chi connectivity index (χ3v) is 3.95. The van der Waals surface area contributed by atoms with Crippen molar-refractivity contribution in [3.8, 4) is 5.69 Å². The van der Waals surface area contributed by atoms with Crippen LogP contribution < -0.4 is 0 Å². The Bertz CT molecular complexity index is 588. The number of nitrogens with zero attached hydrogens (tertiary/aromatic N) is 4. The summed E-state index contributed by atoms with van der Waals surface area (Å²) in [5.41, 5.74) is 2.09. The van der Waals surface area contributed by atoms with Gasteiger partial charge in [-0.15, -0.1) is 5.10 Å². The SMILES string of the molecule is CCCC[C@H]1C=CCN1Cc1cn(-c2ccccc2)nn1. The van der Waals surface area contributed by atoms with Crippen LogP contribution in [0.25, 0.3) is 5.69 Å². The van der Waals surface area contributed by atoms with Gasteiger partial charge in [0.25, 0.3) is 0 Å². The Hall–Kier alpha value is -1.94. The first-order valence-electron chi connectivity index (χ1n) is 7.74. The average Bonchev–Trinajstić information content (AvgIpc) is 3.16. The average molecular weight is 282 g/mol. The molecule has 110 valence electrons. The molecule has 0 aliphatic carbocycles. The topological polar surface area (TPSA) is 34.0 Å². The van der Waals surface area contributed by atoms with E-state index in [-0.39, 0.29) is 0 Å². The fourth-order valence-corrected chi connectivity index (χ4v) is 2.77. The molecule has 0 N–H and O–H groups in total. The Morgan fingerprint density at radius 3 is 2.90 bits per heavy atom. The number of hydrogen-bond donors (Lipinski definition) is 0. The van der Waals surface area contributed by atoms with Crippen molar-refractivity contribution in [2.45, 2.75) is 38.8 Å². The van der Waals surface area contributed by atoms with E-state index in [0.29, 0.717) is 6.04 Å². The second-order valence-corrected chi connectivity index (χ2v) is 5.56. The number of para-hydroxylation sites is 1. The fourth-order valence-electron chi connectivity index (χ4n) is 2.77. The highest BCUT2D eigenvalue weighted by molar-refractivity contribution is 5.29. The molecule has 1 aliphatic rings. The summed E-state index contributed by atoms with van der Waals surface area (Å²) in [5, 5.41) is 8.55. The molecule has 0 amide bonds. The summed E-state index contributed by atoms with van der Waals surface area (Å²) in [6.45, 7) is 4.13. The van der Waals surface area contributed by atoms with Gasteiger partial charge in [0.1, 0.15) is 0 Å². The standard InChI is InChI=1S/C17H22N4/c1-2-3-8-16-11-7-12-20(16)13-15-14-21(19-18-15)17-9-5-4-6-10-17/h4-7,9-11,14,16H,2-3,8,12-13H2,1H3/t16-/m0/s1. The normalized spacial score (nSPS) is 18.4. The summed E-state index contributed by atoms with van der Waals surface area (Å²) in [4.78, 5) is 2.47. The zero-order valence-corrected chi connectivity index (χ0v) is 12.5. The summed E-state index contributed by atoms with van der Waals surface area (Å²) >= 11 is 0. The van der Waals surface area contributed by atoms with E-state index in [1.165, 1.54) is 19.3 Å². The van der Waals surface area contributed by atoms with Gasteiger partial charge in [-0.1, -0.05) is 55.3 Å². The monoisotopic (exact) mass is 282 g/mol. The van der Waals surface area contributed by atoms with Gasteiger partial charge in [-0.25, -0.2) is 4.68 Å². The van der Waals surface area contributed by atoms with E-state index < -0.39 is 0 Å². The molecule has 0 radical (unpaired) electrons. The molecule has 1 aromatic heterocycles. The number of unbranched alkanes of at least 4 members (excludes halogenated alkanes) is 1. The van der Waals surface area contributed by atoms with Gasteiger partial charge in [0.2, 0.25) is 0 Å². The molecule has 3 rings (SSSR count). The van der Waals surface area contributed by atoms with Crippen molar-refractivity contribution in [3.63, 3.8) is 0 Å². The van der Waals surface area contributed by atoms with E-state index in [0.717, 1.165) is 24.5 Å². The van der Waals surface area contributed by atoms with Crippen molar-refractivity contribution in [1.29, 1.82) is 0 Å². The molecule has 0 spiro atoms. The number of benzene rings is 1. The number of hydrogen-bond acceptors (Lipinski definition) is 3. The van der Waals surface area contributed by atoms with Crippen LogP contribution in [-0.4, -0.2) is 32.5 Å². The summed E-state index contributed by atoms with van der Waals surface area (Å²) in [5.74, 6) is 0. The molecule has 2 aromatic rings. The molecule has 1 aromatic carbocycles. The van der Waals surface area contributed by atoms with Crippen molar-refractivity contribution < 1.29 is 0 Å². The molecule has 0 unspecified atom stereocenters. The van der Waals surface area contributed by atoms with E-state index >= 15 is 0 Å². The Kier molecular flexibility index (Phi) is 4.46. The second-order valence-electron chi connectivity index (χ2n) is 5.56. The molecule has 0 saturated carbocycles. The Labute approximate surface area is 126 Å². The molecule has 21 heavy (non-hydrogen) atoms. The highest BCUT2D eigenvalue weighted by Crippen LogP contribution is 2.18. The highest BCUT2D eigenvalue weighted by Gasteiger charge is 2.20. The van der Waals surface area contributed by atoms with Gasteiger partial charge in [0.05, 0.1) is 17.6 Å². The number of rotatable bonds is 6. The molecule has 0 bridgehead atoms. The van der Waals surface area contributed by atoms with Crippen molar-refractivity contribution in [3.05, 3.63) is 54.4 Å². The quantitative estimate of drug-likeness (QED) is 0.763. The van der Waals surface area contributed by atoms with Crippen LogP contribution in [0.15, 0.2) is 48.7 Å². The molecule has 4 heteroatoms. The Balaban J connectivity index is 1.65. The van der Waals surface area contributed by atoms with Crippen LogP contribution >= 0.6 is 0 Å². The first-order valence-corrected chi connectivity index (χ1v) is 7.74. The number of aromatic nitrogens is 3. The van der Waals surface area contributed by atoms with Crippen molar-refractivity contribution in [2.24, 2.45) is 0 Å². The highest BCUT2D eigenvalue weighted by atomic mass is 15.4. The second kappa shape index (κ2) is 6.68. The predicted molar refractivity (Wildman–Crippen MR) is 84.2 cm³/mol. The summed E-state index contributed by atoms with van der Waals surface area (Å²) in [6.07, 6.45) is 10.4. The van der Waals surface area contributed by atoms with E-state index in [4.69, 9.17) is 0 Å². The third-order valence-electron chi connectivity index (χ3n) is 3.95. The minimum absolute atomic E-state index is 0.562. The minimum atomic E-state index is 0.562. The molecule has 0 fully saturated rings. The van der Waals surface area contributed by atoms with Crippen molar-refractivity contribution in [1.82, 2.24) is 19.9 Å². The van der Waals surface area contributed by atoms with Crippen LogP contribution in [0.1, 0.15) is 31.9 Å². The van der Waals surface area contributed by atoms with Crippen LogP contribution in [0.2, 0.25) is 0 Å². The van der Waals surface area contributed by atoms with Gasteiger partial charge < -0.3 is 0 Å². The zero-order chi connectivity index (χ0) is 14.5. The smallest absolute Gasteiger partial charge is 0.0972 e. The van der Waals surface area contributed by atoms with Crippen LogP contribution in [-0.2, 0) is 6.54 Å². The van der Waals surface area contributed by atoms with E-state index in [1.54, 1.807) is 0 Å². The van der Waals surface area contributed by atoms with Crippen LogP contribution in [0.3, 0.4) is 0 Å². The van der Waals surface area contributed by atoms with Gasteiger partial charge >= 0.3 is 0 Å². The van der Waals surface area contributed by atoms with Crippen molar-refractivity contribution in [2.75, 3.05) is 6.54 Å². The Morgan fingerprint density at radius 2 is 2.10 bits per heavy atom. The maximum absolute atomic E-state index is 4.31. The molecular weight excluding hydrogens is 260 g/mol. The van der Waals surface area contributed by atoms with Gasteiger partial charge in [-0.05, 0) is 18.6 Å². The maximum Gasteiger partial charge on any atom is 0.0972 e. The lowest BCUT2D eigenvalue weighted by Gasteiger charge is -2.22. The van der Waals surface area contributed by atoms with Gasteiger partial charge in [0, 0.05) is 19.1 Å². The zero-order valence-electron chi connectivity index (χ0n) is 12.5. The first-order chi connectivity index (χ1) is 10.4. The third kappa shape index (κ3) is 3.39. The molecule has 0 saturated heterocycles. The summed E-state index contributed by atoms with van der Waals surface area (Å²) in [6, 6.07) is 10.7. The van der Waals surface area contributed by atoms with Crippen LogP contribution in [0.5, 0.6) is 0 Å².